The maximum absolute atomic E-state index is 12.8. The van der Waals surface area contributed by atoms with E-state index in [1.165, 1.54) is 0 Å². The minimum absolute atomic E-state index is 0.00521. The van der Waals surface area contributed by atoms with Crippen molar-refractivity contribution < 1.29 is 9.59 Å². The predicted molar refractivity (Wildman–Crippen MR) is 90.5 cm³/mol. The first-order valence-electron chi connectivity index (χ1n) is 8.42. The van der Waals surface area contributed by atoms with E-state index in [4.69, 9.17) is 5.73 Å². The molecule has 0 amide bonds. The molecule has 0 spiro atoms. The number of nitrogens with one attached hydrogen (secondary N) is 2. The first kappa shape index (κ1) is 18.7. The van der Waals surface area contributed by atoms with Crippen molar-refractivity contribution >= 4 is 11.6 Å². The Labute approximate surface area is 142 Å². The van der Waals surface area contributed by atoms with Gasteiger partial charge in [0.05, 0.1) is 36.1 Å². The van der Waals surface area contributed by atoms with Crippen molar-refractivity contribution in [3.8, 4) is 0 Å². The number of likely N-dealkylation sites (N-methyl/N-ethyl adjacent to an activating group) is 1. The van der Waals surface area contributed by atoms with Gasteiger partial charge in [-0.1, -0.05) is 5.21 Å². The number of fused-ring (bicyclic) bond motifs is 1. The van der Waals surface area contributed by atoms with Crippen LogP contribution >= 0.6 is 0 Å². The molecule has 2 heterocycles. The van der Waals surface area contributed by atoms with Crippen molar-refractivity contribution in [1.29, 1.82) is 0 Å². The molecule has 8 heteroatoms. The largest absolute Gasteiger partial charge is 0.324 e. The average molecular weight is 336 g/mol. The van der Waals surface area contributed by atoms with Crippen LogP contribution in [0.4, 0.5) is 0 Å². The molecule has 0 aromatic carbocycles. The molecular weight excluding hydrogens is 308 g/mol. The van der Waals surface area contributed by atoms with Crippen molar-refractivity contribution in [3.63, 3.8) is 0 Å². The Morgan fingerprint density at radius 3 is 2.88 bits per heavy atom. The Hall–Kier alpha value is -1.64. The fourth-order valence-electron chi connectivity index (χ4n) is 3.05. The van der Waals surface area contributed by atoms with Gasteiger partial charge in [0, 0.05) is 13.0 Å². The normalized spacial score (nSPS) is 29.4. The SMILES string of the molecule is CN[C@@]1(C)Cc2cnnn2CCCC[C@@](C)(C(=O)CN)NCC1=O. The number of ketones is 2. The minimum atomic E-state index is -0.774. The Morgan fingerprint density at radius 2 is 2.21 bits per heavy atom. The van der Waals surface area contributed by atoms with Crippen LogP contribution in [0.3, 0.4) is 0 Å². The van der Waals surface area contributed by atoms with Gasteiger partial charge in [0.15, 0.2) is 11.6 Å². The molecule has 1 aliphatic heterocycles. The van der Waals surface area contributed by atoms with Gasteiger partial charge in [0.1, 0.15) is 0 Å². The second-order valence-corrected chi connectivity index (χ2v) is 6.90. The van der Waals surface area contributed by atoms with E-state index in [9.17, 15) is 9.59 Å². The maximum atomic E-state index is 12.8. The molecule has 1 aliphatic rings. The Kier molecular flexibility index (Phi) is 5.84. The third kappa shape index (κ3) is 3.88. The minimum Gasteiger partial charge on any atom is -0.324 e. The molecule has 2 rings (SSSR count). The van der Waals surface area contributed by atoms with E-state index in [0.29, 0.717) is 12.8 Å². The average Bonchev–Trinajstić information content (AvgIpc) is 3.01. The first-order valence-corrected chi connectivity index (χ1v) is 8.42. The summed E-state index contributed by atoms with van der Waals surface area (Å²) in [6.07, 6.45) is 4.57. The quantitative estimate of drug-likeness (QED) is 0.677. The number of hydrogen-bond donors (Lipinski definition) is 3. The van der Waals surface area contributed by atoms with E-state index in [1.807, 2.05) is 18.5 Å². The molecule has 0 bridgehead atoms. The highest BCUT2D eigenvalue weighted by molar-refractivity contribution is 5.93. The number of rotatable bonds is 3. The summed E-state index contributed by atoms with van der Waals surface area (Å²) < 4.78 is 1.85. The fraction of sp³-hybridized carbons (Fsp3) is 0.750. The highest BCUT2D eigenvalue weighted by atomic mass is 16.1. The molecule has 1 aromatic rings. The van der Waals surface area contributed by atoms with E-state index >= 15 is 0 Å². The van der Waals surface area contributed by atoms with Crippen LogP contribution < -0.4 is 16.4 Å². The predicted octanol–water partition coefficient (Wildman–Crippen LogP) is -0.572. The van der Waals surface area contributed by atoms with Crippen LogP contribution in [0.2, 0.25) is 0 Å². The van der Waals surface area contributed by atoms with Gasteiger partial charge in [0.2, 0.25) is 0 Å². The Morgan fingerprint density at radius 1 is 1.46 bits per heavy atom. The zero-order chi connectivity index (χ0) is 17.8. The number of aromatic nitrogens is 3. The molecule has 24 heavy (non-hydrogen) atoms. The topological polar surface area (TPSA) is 115 Å². The van der Waals surface area contributed by atoms with E-state index in [-0.39, 0.29) is 24.7 Å². The molecule has 0 unspecified atom stereocenters. The third-order valence-corrected chi connectivity index (χ3v) is 5.14. The lowest BCUT2D eigenvalue weighted by atomic mass is 9.86. The summed E-state index contributed by atoms with van der Waals surface area (Å²) in [6, 6.07) is 0. The van der Waals surface area contributed by atoms with Crippen molar-refractivity contribution in [2.75, 3.05) is 20.1 Å². The lowest BCUT2D eigenvalue weighted by molar-refractivity contribution is -0.126. The summed E-state index contributed by atoms with van der Waals surface area (Å²) in [6.45, 7) is 4.49. The van der Waals surface area contributed by atoms with Gasteiger partial charge in [-0.2, -0.15) is 0 Å². The molecule has 4 N–H and O–H groups in total. The van der Waals surface area contributed by atoms with Crippen LogP contribution in [0.5, 0.6) is 0 Å². The molecule has 0 fully saturated rings. The monoisotopic (exact) mass is 336 g/mol. The summed E-state index contributed by atoms with van der Waals surface area (Å²) in [4.78, 5) is 25.1. The van der Waals surface area contributed by atoms with Crippen molar-refractivity contribution in [2.24, 2.45) is 5.73 Å². The smallest absolute Gasteiger partial charge is 0.166 e. The molecule has 8 nitrogen and oxygen atoms in total. The maximum Gasteiger partial charge on any atom is 0.166 e. The molecular formula is C16H28N6O2. The van der Waals surface area contributed by atoms with Crippen molar-refractivity contribution in [1.82, 2.24) is 25.6 Å². The van der Waals surface area contributed by atoms with Crippen LogP contribution in [-0.4, -0.2) is 57.8 Å². The van der Waals surface area contributed by atoms with Crippen LogP contribution in [0, 0.1) is 0 Å². The highest BCUT2D eigenvalue weighted by Crippen LogP contribution is 2.19. The zero-order valence-corrected chi connectivity index (χ0v) is 14.8. The van der Waals surface area contributed by atoms with Crippen molar-refractivity contribution in [3.05, 3.63) is 11.9 Å². The molecule has 0 saturated heterocycles. The molecule has 0 radical (unpaired) electrons. The fourth-order valence-corrected chi connectivity index (χ4v) is 3.05. The van der Waals surface area contributed by atoms with Gasteiger partial charge in [-0.25, -0.2) is 4.68 Å². The molecule has 1 aromatic heterocycles. The number of nitrogens with zero attached hydrogens (tertiary/aromatic N) is 3. The van der Waals surface area contributed by atoms with Crippen LogP contribution in [0.25, 0.3) is 0 Å². The van der Waals surface area contributed by atoms with Gasteiger partial charge in [-0.05, 0) is 40.2 Å². The van der Waals surface area contributed by atoms with Gasteiger partial charge < -0.3 is 11.1 Å². The number of carbonyl (C=O) groups excluding carboxylic acids is 2. The van der Waals surface area contributed by atoms with Gasteiger partial charge >= 0.3 is 0 Å². The lowest BCUT2D eigenvalue weighted by Crippen LogP contribution is -2.58. The van der Waals surface area contributed by atoms with Crippen molar-refractivity contribution in [2.45, 2.75) is 57.2 Å². The van der Waals surface area contributed by atoms with E-state index in [2.05, 4.69) is 20.9 Å². The lowest BCUT2D eigenvalue weighted by Gasteiger charge is -2.33. The van der Waals surface area contributed by atoms with Gasteiger partial charge in [0.25, 0.3) is 0 Å². The summed E-state index contributed by atoms with van der Waals surface area (Å²) in [5, 5.41) is 14.4. The summed E-state index contributed by atoms with van der Waals surface area (Å²) >= 11 is 0. The second kappa shape index (κ2) is 7.50. The van der Waals surface area contributed by atoms with E-state index in [0.717, 1.165) is 25.1 Å². The molecule has 134 valence electrons. The van der Waals surface area contributed by atoms with Crippen LogP contribution in [0.15, 0.2) is 6.20 Å². The Bertz CT molecular complexity index is 601. The third-order valence-electron chi connectivity index (χ3n) is 5.14. The second-order valence-electron chi connectivity index (χ2n) is 6.90. The van der Waals surface area contributed by atoms with Crippen LogP contribution in [-0.2, 0) is 22.6 Å². The van der Waals surface area contributed by atoms with Gasteiger partial charge in [-0.15, -0.1) is 5.10 Å². The Balaban J connectivity index is 2.29. The summed E-state index contributed by atoms with van der Waals surface area (Å²) in [7, 11) is 1.77. The van der Waals surface area contributed by atoms with E-state index < -0.39 is 11.1 Å². The summed E-state index contributed by atoms with van der Waals surface area (Å²) in [5.74, 6) is -0.0747. The molecule has 0 aliphatic carbocycles. The van der Waals surface area contributed by atoms with E-state index in [1.54, 1.807) is 13.2 Å². The number of nitrogens with two attached hydrogens (primary N) is 1. The number of carbonyl (C=O) groups is 2. The molecule has 2 atom stereocenters. The van der Waals surface area contributed by atoms with Crippen LogP contribution in [0.1, 0.15) is 38.8 Å². The number of hydrogen-bond acceptors (Lipinski definition) is 7. The first-order chi connectivity index (χ1) is 11.3. The standard InChI is InChI=1S/C16H28N6O2/c1-15(13(23)9-17)6-4-5-7-22-12(10-20-21-22)8-16(2,18-3)14(24)11-19-15/h10,18-19H,4-9,11,17H2,1-3H3/t15-,16-/m0/s1. The summed E-state index contributed by atoms with van der Waals surface area (Å²) in [5.41, 5.74) is 4.96. The number of aryl methyl sites for hydroxylation is 1. The molecule has 0 saturated carbocycles. The zero-order valence-electron chi connectivity index (χ0n) is 14.8. The van der Waals surface area contributed by atoms with Gasteiger partial charge in [-0.3, -0.25) is 14.9 Å². The number of Topliss-reactive ketones (excluding diaryl/α,β-unsaturated/α-hetero) is 2. The highest BCUT2D eigenvalue weighted by Gasteiger charge is 2.37.